The summed E-state index contributed by atoms with van der Waals surface area (Å²) in [6.45, 7) is 13.7. The van der Waals surface area contributed by atoms with Crippen molar-refractivity contribution < 1.29 is 14.3 Å². The van der Waals surface area contributed by atoms with E-state index in [4.69, 9.17) is 9.47 Å². The fourth-order valence-electron chi connectivity index (χ4n) is 1.55. The Bertz CT molecular complexity index is 271. The quantitative estimate of drug-likeness (QED) is 0.321. The van der Waals surface area contributed by atoms with Crippen LogP contribution in [-0.4, -0.2) is 24.8 Å². The molecule has 0 N–H and O–H groups in total. The molecule has 0 saturated carbocycles. The molecule has 3 heteroatoms. The predicted octanol–water partition coefficient (Wildman–Crippen LogP) is 3.42. The first-order chi connectivity index (χ1) is 8.66. The van der Waals surface area contributed by atoms with Crippen molar-refractivity contribution in [3.05, 3.63) is 38.0 Å². The van der Waals surface area contributed by atoms with E-state index in [1.807, 2.05) is 6.92 Å². The number of esters is 1. The number of rotatable bonds is 11. The van der Waals surface area contributed by atoms with Crippen molar-refractivity contribution >= 4 is 5.97 Å². The van der Waals surface area contributed by atoms with Crippen LogP contribution < -0.4 is 0 Å². The zero-order valence-corrected chi connectivity index (χ0v) is 11.3. The number of unbranched alkanes of at least 4 members (excludes halogenated alkanes) is 1. The normalized spacial score (nSPS) is 10.7. The Kier molecular flexibility index (Phi) is 8.93. The highest BCUT2D eigenvalue weighted by Crippen LogP contribution is 2.24. The van der Waals surface area contributed by atoms with Gasteiger partial charge in [-0.3, -0.25) is 0 Å². The molecule has 0 aliphatic rings. The van der Waals surface area contributed by atoms with Crippen LogP contribution in [0, 0.1) is 0 Å². The second kappa shape index (κ2) is 9.66. The van der Waals surface area contributed by atoms with Crippen molar-refractivity contribution in [2.45, 2.75) is 38.2 Å². The minimum Gasteiger partial charge on any atom is -0.464 e. The standard InChI is InChI=1S/C15H24O3/c1-5-9-13-17-14(16)15(10-6-2,11-7-3)18-12-8-4/h6-8H,2-5,9-13H2,1H3. The molecule has 0 aliphatic heterocycles. The van der Waals surface area contributed by atoms with E-state index in [1.54, 1.807) is 18.2 Å². The van der Waals surface area contributed by atoms with E-state index < -0.39 is 5.60 Å². The summed E-state index contributed by atoms with van der Waals surface area (Å²) in [4.78, 5) is 12.1. The van der Waals surface area contributed by atoms with Crippen LogP contribution in [0.2, 0.25) is 0 Å². The first-order valence-corrected chi connectivity index (χ1v) is 6.30. The van der Waals surface area contributed by atoms with E-state index in [2.05, 4.69) is 19.7 Å². The van der Waals surface area contributed by atoms with Crippen LogP contribution in [0.4, 0.5) is 0 Å². The molecule has 3 nitrogen and oxygen atoms in total. The molecule has 0 spiro atoms. The summed E-state index contributed by atoms with van der Waals surface area (Å²) >= 11 is 0. The summed E-state index contributed by atoms with van der Waals surface area (Å²) in [5.41, 5.74) is -1.01. The Morgan fingerprint density at radius 2 is 1.78 bits per heavy atom. The molecule has 102 valence electrons. The highest BCUT2D eigenvalue weighted by molar-refractivity contribution is 5.80. The first-order valence-electron chi connectivity index (χ1n) is 6.30. The lowest BCUT2D eigenvalue weighted by Gasteiger charge is -2.29. The Hall–Kier alpha value is -1.35. The minimum atomic E-state index is -1.01. The second-order valence-electron chi connectivity index (χ2n) is 4.07. The zero-order chi connectivity index (χ0) is 13.9. The molecule has 0 amide bonds. The van der Waals surface area contributed by atoms with Crippen molar-refractivity contribution in [3.8, 4) is 0 Å². The van der Waals surface area contributed by atoms with Gasteiger partial charge in [0.15, 0.2) is 5.60 Å². The maximum atomic E-state index is 12.1. The van der Waals surface area contributed by atoms with Crippen LogP contribution in [0.5, 0.6) is 0 Å². The topological polar surface area (TPSA) is 35.5 Å². The van der Waals surface area contributed by atoms with Gasteiger partial charge in [-0.25, -0.2) is 4.79 Å². The lowest BCUT2D eigenvalue weighted by molar-refractivity contribution is -0.171. The second-order valence-corrected chi connectivity index (χ2v) is 4.07. The number of hydrogen-bond acceptors (Lipinski definition) is 3. The Balaban J connectivity index is 4.75. The Morgan fingerprint density at radius 1 is 1.17 bits per heavy atom. The lowest BCUT2D eigenvalue weighted by Crippen LogP contribution is -2.42. The average molecular weight is 252 g/mol. The summed E-state index contributed by atoms with van der Waals surface area (Å²) in [6.07, 6.45) is 7.57. The van der Waals surface area contributed by atoms with E-state index in [-0.39, 0.29) is 5.97 Å². The van der Waals surface area contributed by atoms with Crippen LogP contribution in [0.25, 0.3) is 0 Å². The molecule has 0 unspecified atom stereocenters. The maximum absolute atomic E-state index is 12.1. The first kappa shape index (κ1) is 16.6. The summed E-state index contributed by atoms with van der Waals surface area (Å²) < 4.78 is 10.9. The number of carbonyl (C=O) groups is 1. The van der Waals surface area contributed by atoms with Gasteiger partial charge in [0.25, 0.3) is 0 Å². The third-order valence-corrected chi connectivity index (χ3v) is 2.53. The molecule has 0 fully saturated rings. The number of carbonyl (C=O) groups excluding carboxylic acids is 1. The van der Waals surface area contributed by atoms with Gasteiger partial charge in [0, 0.05) is 12.8 Å². The van der Waals surface area contributed by atoms with Gasteiger partial charge in [-0.1, -0.05) is 31.6 Å². The van der Waals surface area contributed by atoms with Gasteiger partial charge in [0.2, 0.25) is 0 Å². The largest absolute Gasteiger partial charge is 0.464 e. The van der Waals surface area contributed by atoms with E-state index in [0.717, 1.165) is 12.8 Å². The van der Waals surface area contributed by atoms with E-state index in [9.17, 15) is 4.79 Å². The summed E-state index contributed by atoms with van der Waals surface area (Å²) in [5, 5.41) is 0. The van der Waals surface area contributed by atoms with E-state index in [0.29, 0.717) is 26.1 Å². The predicted molar refractivity (Wildman–Crippen MR) is 74.4 cm³/mol. The number of hydrogen-bond donors (Lipinski definition) is 0. The molecule has 0 aliphatic carbocycles. The molecular formula is C15H24O3. The monoisotopic (exact) mass is 252 g/mol. The van der Waals surface area contributed by atoms with Crippen LogP contribution in [0.15, 0.2) is 38.0 Å². The lowest BCUT2D eigenvalue weighted by atomic mass is 9.95. The molecular weight excluding hydrogens is 228 g/mol. The van der Waals surface area contributed by atoms with Gasteiger partial charge >= 0.3 is 5.97 Å². The highest BCUT2D eigenvalue weighted by Gasteiger charge is 2.38. The molecule has 0 radical (unpaired) electrons. The van der Waals surface area contributed by atoms with Gasteiger partial charge in [0.05, 0.1) is 13.2 Å². The Morgan fingerprint density at radius 3 is 2.22 bits per heavy atom. The van der Waals surface area contributed by atoms with Crippen LogP contribution >= 0.6 is 0 Å². The van der Waals surface area contributed by atoms with Crippen molar-refractivity contribution in [2.24, 2.45) is 0 Å². The maximum Gasteiger partial charge on any atom is 0.339 e. The van der Waals surface area contributed by atoms with Crippen molar-refractivity contribution in [2.75, 3.05) is 13.2 Å². The van der Waals surface area contributed by atoms with Crippen LogP contribution in [0.3, 0.4) is 0 Å². The summed E-state index contributed by atoms with van der Waals surface area (Å²) in [5.74, 6) is -0.349. The van der Waals surface area contributed by atoms with Gasteiger partial charge < -0.3 is 9.47 Å². The van der Waals surface area contributed by atoms with Gasteiger partial charge in [-0.05, 0) is 6.42 Å². The molecule has 0 heterocycles. The molecule has 0 atom stereocenters. The molecule has 0 aromatic carbocycles. The molecule has 0 bridgehead atoms. The molecule has 0 aromatic heterocycles. The van der Waals surface area contributed by atoms with Crippen molar-refractivity contribution in [1.82, 2.24) is 0 Å². The van der Waals surface area contributed by atoms with Crippen LogP contribution in [0.1, 0.15) is 32.6 Å². The van der Waals surface area contributed by atoms with E-state index >= 15 is 0 Å². The highest BCUT2D eigenvalue weighted by atomic mass is 16.6. The third-order valence-electron chi connectivity index (χ3n) is 2.53. The fourth-order valence-corrected chi connectivity index (χ4v) is 1.55. The fraction of sp³-hybridized carbons (Fsp3) is 0.533. The van der Waals surface area contributed by atoms with Crippen molar-refractivity contribution in [1.29, 1.82) is 0 Å². The Labute approximate surface area is 110 Å². The number of ether oxygens (including phenoxy) is 2. The minimum absolute atomic E-state index is 0.296. The smallest absolute Gasteiger partial charge is 0.339 e. The van der Waals surface area contributed by atoms with Gasteiger partial charge in [-0.2, -0.15) is 0 Å². The van der Waals surface area contributed by atoms with Crippen LogP contribution in [-0.2, 0) is 14.3 Å². The molecule has 0 saturated heterocycles. The van der Waals surface area contributed by atoms with E-state index in [1.165, 1.54) is 0 Å². The summed E-state index contributed by atoms with van der Waals surface area (Å²) in [7, 11) is 0. The SMILES string of the molecule is C=CCOC(CC=C)(CC=C)C(=O)OCCCC. The van der Waals surface area contributed by atoms with Crippen molar-refractivity contribution in [3.63, 3.8) is 0 Å². The van der Waals surface area contributed by atoms with Gasteiger partial charge in [-0.15, -0.1) is 19.7 Å². The summed E-state index contributed by atoms with van der Waals surface area (Å²) in [6, 6.07) is 0. The molecule has 0 aromatic rings. The zero-order valence-electron chi connectivity index (χ0n) is 11.3. The average Bonchev–Trinajstić information content (AvgIpc) is 2.36. The molecule has 18 heavy (non-hydrogen) atoms. The van der Waals surface area contributed by atoms with Gasteiger partial charge in [0.1, 0.15) is 0 Å². The molecule has 0 rings (SSSR count). The third kappa shape index (κ3) is 5.32.